The zero-order valence-corrected chi connectivity index (χ0v) is 13.4. The van der Waals surface area contributed by atoms with E-state index in [1.54, 1.807) is 0 Å². The van der Waals surface area contributed by atoms with Crippen molar-refractivity contribution in [2.45, 2.75) is 57.0 Å². The number of hydrogen-bond acceptors (Lipinski definition) is 1. The van der Waals surface area contributed by atoms with Crippen molar-refractivity contribution in [3.05, 3.63) is 30.1 Å². The number of rotatable bonds is 3. The first-order chi connectivity index (χ1) is 11.3. The van der Waals surface area contributed by atoms with Crippen LogP contribution in [0.3, 0.4) is 0 Å². The van der Waals surface area contributed by atoms with Crippen molar-refractivity contribution in [2.75, 3.05) is 0 Å². The van der Waals surface area contributed by atoms with Crippen molar-refractivity contribution in [3.63, 3.8) is 0 Å². The third kappa shape index (κ3) is 2.19. The Morgan fingerprint density at radius 2 is 1.91 bits per heavy atom. The van der Waals surface area contributed by atoms with Crippen LogP contribution in [0.5, 0.6) is 0 Å². The van der Waals surface area contributed by atoms with E-state index >= 15 is 0 Å². The fourth-order valence-electron chi connectivity index (χ4n) is 5.58. The Balaban J connectivity index is 1.30. The molecule has 2 aliphatic carbocycles. The van der Waals surface area contributed by atoms with Gasteiger partial charge in [-0.15, -0.1) is 0 Å². The van der Waals surface area contributed by atoms with Crippen molar-refractivity contribution in [3.8, 4) is 0 Å². The van der Waals surface area contributed by atoms with Gasteiger partial charge in [0.05, 0.1) is 17.8 Å². The molecule has 2 N–H and O–H groups in total. The molecule has 0 aromatic carbocycles. The minimum absolute atomic E-state index is 0.382. The minimum atomic E-state index is 0.382. The SMILES string of the molecule is O=C(CCc1c[nH]c2[nH+]cccc12)N1C2CC3CC(C2)CC1C3. The maximum Gasteiger partial charge on any atom is 0.284 e. The van der Waals surface area contributed by atoms with E-state index in [4.69, 9.17) is 0 Å². The first-order valence-corrected chi connectivity index (χ1v) is 9.06. The molecule has 2 aromatic heterocycles. The third-order valence-electron chi connectivity index (χ3n) is 6.36. The van der Waals surface area contributed by atoms with Gasteiger partial charge in [0.15, 0.2) is 0 Å². The maximum atomic E-state index is 12.9. The lowest BCUT2D eigenvalue weighted by Crippen LogP contribution is -2.59. The molecule has 4 nitrogen and oxygen atoms in total. The quantitative estimate of drug-likeness (QED) is 0.931. The average Bonchev–Trinajstić information content (AvgIpc) is 2.95. The number of carbonyl (C=O) groups is 1. The second kappa shape index (κ2) is 5.08. The Kier molecular flexibility index (Phi) is 3.00. The van der Waals surface area contributed by atoms with Crippen molar-refractivity contribution < 1.29 is 9.78 Å². The normalized spacial score (nSPS) is 31.9. The highest BCUT2D eigenvalue weighted by Crippen LogP contribution is 2.49. The molecule has 2 aromatic rings. The predicted octanol–water partition coefficient (Wildman–Crippen LogP) is 2.70. The van der Waals surface area contributed by atoms with Crippen molar-refractivity contribution in [1.29, 1.82) is 0 Å². The summed E-state index contributed by atoms with van der Waals surface area (Å²) < 4.78 is 0. The monoisotopic (exact) mass is 310 g/mol. The Bertz CT molecular complexity index is 722. The van der Waals surface area contributed by atoms with Crippen LogP contribution in [0.4, 0.5) is 0 Å². The number of fused-ring (bicyclic) bond motifs is 1. The van der Waals surface area contributed by atoms with Crippen molar-refractivity contribution >= 4 is 16.9 Å². The van der Waals surface area contributed by atoms with Gasteiger partial charge < -0.3 is 4.90 Å². The molecule has 1 amide bonds. The van der Waals surface area contributed by atoms with E-state index in [2.05, 4.69) is 20.9 Å². The summed E-state index contributed by atoms with van der Waals surface area (Å²) in [4.78, 5) is 21.6. The summed E-state index contributed by atoms with van der Waals surface area (Å²) in [5.74, 6) is 2.20. The topological polar surface area (TPSA) is 50.2 Å². The molecule has 2 saturated heterocycles. The molecule has 0 radical (unpaired) electrons. The Hall–Kier alpha value is -1.84. The zero-order valence-electron chi connectivity index (χ0n) is 13.4. The molecule has 4 heteroatoms. The highest BCUT2D eigenvalue weighted by molar-refractivity contribution is 5.80. The third-order valence-corrected chi connectivity index (χ3v) is 6.36. The van der Waals surface area contributed by atoms with Gasteiger partial charge in [-0.1, -0.05) is 0 Å². The Morgan fingerprint density at radius 1 is 1.17 bits per heavy atom. The molecule has 0 spiro atoms. The van der Waals surface area contributed by atoms with Gasteiger partial charge in [0.25, 0.3) is 5.65 Å². The number of piperidine rings is 2. The summed E-state index contributed by atoms with van der Waals surface area (Å²) in [6.07, 6.45) is 11.9. The summed E-state index contributed by atoms with van der Waals surface area (Å²) in [5, 5.41) is 1.21. The molecule has 4 aliphatic rings. The molecule has 2 aliphatic heterocycles. The van der Waals surface area contributed by atoms with Gasteiger partial charge in [-0.3, -0.25) is 4.79 Å². The van der Waals surface area contributed by atoms with Crippen molar-refractivity contribution in [2.24, 2.45) is 11.8 Å². The number of carbonyl (C=O) groups excluding carboxylic acids is 1. The summed E-state index contributed by atoms with van der Waals surface area (Å²) in [6.45, 7) is 0. The molecule has 120 valence electrons. The van der Waals surface area contributed by atoms with E-state index in [-0.39, 0.29) is 0 Å². The molecule has 23 heavy (non-hydrogen) atoms. The fraction of sp³-hybridized carbons (Fsp3) is 0.579. The largest absolute Gasteiger partial charge is 0.337 e. The fourth-order valence-corrected chi connectivity index (χ4v) is 5.58. The van der Waals surface area contributed by atoms with Crippen LogP contribution in [0.2, 0.25) is 0 Å². The minimum Gasteiger partial charge on any atom is -0.337 e. The van der Waals surface area contributed by atoms with Gasteiger partial charge >= 0.3 is 0 Å². The molecule has 0 atom stereocenters. The van der Waals surface area contributed by atoms with E-state index in [1.165, 1.54) is 43.1 Å². The lowest BCUT2D eigenvalue weighted by atomic mass is 9.63. The van der Waals surface area contributed by atoms with E-state index < -0.39 is 0 Å². The number of nitrogens with zero attached hydrogens (tertiary/aromatic N) is 1. The number of aromatic amines is 2. The standard InChI is InChI=1S/C19H23N3O/c23-18(4-3-14-11-21-19-17(14)2-1-5-20-19)22-15-7-12-6-13(9-15)10-16(22)8-12/h1-2,5,11-13,15-16H,3-4,6-10H2,(H,20,21)/p+1. The molecule has 4 fully saturated rings. The smallest absolute Gasteiger partial charge is 0.284 e. The molecule has 4 heterocycles. The maximum absolute atomic E-state index is 12.9. The van der Waals surface area contributed by atoms with E-state index in [1.807, 2.05) is 18.5 Å². The molecular weight excluding hydrogens is 286 g/mol. The first kappa shape index (κ1) is 13.6. The summed E-state index contributed by atoms with van der Waals surface area (Å²) in [5.41, 5.74) is 2.29. The Labute approximate surface area is 136 Å². The lowest BCUT2D eigenvalue weighted by molar-refractivity contribution is -0.347. The summed E-state index contributed by atoms with van der Waals surface area (Å²) in [6, 6.07) is 5.23. The highest BCUT2D eigenvalue weighted by atomic mass is 16.2. The van der Waals surface area contributed by atoms with Crippen LogP contribution in [0.15, 0.2) is 24.5 Å². The van der Waals surface area contributed by atoms with Crippen LogP contribution >= 0.6 is 0 Å². The van der Waals surface area contributed by atoms with Crippen LogP contribution in [-0.2, 0) is 11.2 Å². The van der Waals surface area contributed by atoms with Gasteiger partial charge in [-0.05, 0) is 62.5 Å². The Morgan fingerprint density at radius 3 is 2.65 bits per heavy atom. The number of aromatic nitrogens is 2. The van der Waals surface area contributed by atoms with E-state index in [0.29, 0.717) is 24.4 Å². The van der Waals surface area contributed by atoms with Crippen LogP contribution in [-0.4, -0.2) is 27.9 Å². The van der Waals surface area contributed by atoms with Gasteiger partial charge in [0, 0.05) is 24.1 Å². The second-order valence-electron chi connectivity index (χ2n) is 7.79. The van der Waals surface area contributed by atoms with Gasteiger partial charge in [-0.25, -0.2) is 9.97 Å². The summed E-state index contributed by atoms with van der Waals surface area (Å²) >= 11 is 0. The van der Waals surface area contributed by atoms with Gasteiger partial charge in [0.1, 0.15) is 0 Å². The van der Waals surface area contributed by atoms with E-state index in [9.17, 15) is 4.79 Å². The number of nitrogens with one attached hydrogen (secondary N) is 2. The van der Waals surface area contributed by atoms with Crippen molar-refractivity contribution in [1.82, 2.24) is 9.88 Å². The van der Waals surface area contributed by atoms with Crippen LogP contribution in [0.1, 0.15) is 44.1 Å². The van der Waals surface area contributed by atoms with E-state index in [0.717, 1.165) is 23.9 Å². The molecule has 2 saturated carbocycles. The van der Waals surface area contributed by atoms with Gasteiger partial charge in [0.2, 0.25) is 5.91 Å². The zero-order chi connectivity index (χ0) is 15.4. The first-order valence-electron chi connectivity index (χ1n) is 9.06. The van der Waals surface area contributed by atoms with Crippen LogP contribution in [0, 0.1) is 11.8 Å². The summed E-state index contributed by atoms with van der Waals surface area (Å²) in [7, 11) is 0. The van der Waals surface area contributed by atoms with Crippen LogP contribution in [0.25, 0.3) is 11.0 Å². The van der Waals surface area contributed by atoms with Gasteiger partial charge in [-0.2, -0.15) is 0 Å². The van der Waals surface area contributed by atoms with Crippen LogP contribution < -0.4 is 4.98 Å². The number of pyridine rings is 1. The molecule has 0 unspecified atom stereocenters. The molecule has 4 bridgehead atoms. The number of amides is 1. The average molecular weight is 310 g/mol. The number of hydrogen-bond donors (Lipinski definition) is 1. The molecular formula is C19H24N3O+. The number of H-pyrrole nitrogens is 2. The molecule has 6 rings (SSSR count). The highest BCUT2D eigenvalue weighted by Gasteiger charge is 2.48. The predicted molar refractivity (Wildman–Crippen MR) is 87.7 cm³/mol. The second-order valence-corrected chi connectivity index (χ2v) is 7.79. The lowest BCUT2D eigenvalue weighted by Gasteiger charge is -2.56. The number of aryl methyl sites for hydroxylation is 1.